The molecule has 0 aliphatic rings. The zero-order valence-corrected chi connectivity index (χ0v) is 12.7. The molecule has 0 amide bonds. The molecule has 7 heteroatoms. The monoisotopic (exact) mass is 295 g/mol. The summed E-state index contributed by atoms with van der Waals surface area (Å²) in [5, 5.41) is 0. The molecule has 0 bridgehead atoms. The highest BCUT2D eigenvalue weighted by molar-refractivity contribution is 7.90. The standard InChI is InChI=1S/C13H17N3O3S/c1-9-10(2)19-13(14-9)11-5-7-12(8-6-11)15-20(17,18)16(3)4/h5-8,15H,1-4H3. The SMILES string of the molecule is Cc1nc(-c2ccc(NS(=O)(=O)N(C)C)cc2)oc1C. The number of benzene rings is 1. The van der Waals surface area contributed by atoms with E-state index in [1.807, 2.05) is 13.8 Å². The second kappa shape index (κ2) is 5.26. The fourth-order valence-corrected chi connectivity index (χ4v) is 2.13. The van der Waals surface area contributed by atoms with E-state index in [-0.39, 0.29) is 0 Å². The zero-order chi connectivity index (χ0) is 14.9. The van der Waals surface area contributed by atoms with E-state index >= 15 is 0 Å². The molecule has 1 N–H and O–H groups in total. The Morgan fingerprint density at radius 1 is 1.15 bits per heavy atom. The van der Waals surface area contributed by atoms with E-state index in [0.717, 1.165) is 21.3 Å². The number of anilines is 1. The number of nitrogens with one attached hydrogen (secondary N) is 1. The molecule has 108 valence electrons. The van der Waals surface area contributed by atoms with Gasteiger partial charge >= 0.3 is 10.2 Å². The van der Waals surface area contributed by atoms with Crippen LogP contribution in [0.1, 0.15) is 11.5 Å². The van der Waals surface area contributed by atoms with Gasteiger partial charge in [0.25, 0.3) is 0 Å². The molecule has 0 aliphatic heterocycles. The van der Waals surface area contributed by atoms with Crippen molar-refractivity contribution in [3.05, 3.63) is 35.7 Å². The van der Waals surface area contributed by atoms with Crippen molar-refractivity contribution in [1.82, 2.24) is 9.29 Å². The Morgan fingerprint density at radius 3 is 2.20 bits per heavy atom. The topological polar surface area (TPSA) is 75.4 Å². The Hall–Kier alpha value is -1.86. The van der Waals surface area contributed by atoms with Gasteiger partial charge in [-0.25, -0.2) is 4.98 Å². The molecule has 2 aromatic rings. The first kappa shape index (κ1) is 14.5. The van der Waals surface area contributed by atoms with Crippen molar-refractivity contribution >= 4 is 15.9 Å². The quantitative estimate of drug-likeness (QED) is 0.938. The van der Waals surface area contributed by atoms with Crippen molar-refractivity contribution in [3.8, 4) is 11.5 Å². The molecular formula is C13H17N3O3S. The molecule has 0 atom stereocenters. The number of rotatable bonds is 4. The smallest absolute Gasteiger partial charge is 0.301 e. The zero-order valence-electron chi connectivity index (χ0n) is 11.8. The van der Waals surface area contributed by atoms with E-state index < -0.39 is 10.2 Å². The molecule has 0 radical (unpaired) electrons. The maximum absolute atomic E-state index is 11.7. The normalized spacial score (nSPS) is 11.8. The lowest BCUT2D eigenvalue weighted by Gasteiger charge is -2.13. The van der Waals surface area contributed by atoms with Crippen LogP contribution < -0.4 is 4.72 Å². The second-order valence-corrected chi connectivity index (χ2v) is 6.51. The molecule has 0 spiro atoms. The third kappa shape index (κ3) is 3.00. The molecule has 1 aromatic heterocycles. The average Bonchev–Trinajstić information content (AvgIpc) is 2.70. The van der Waals surface area contributed by atoms with Gasteiger partial charge < -0.3 is 4.42 Å². The molecule has 1 heterocycles. The summed E-state index contributed by atoms with van der Waals surface area (Å²) in [5.74, 6) is 1.31. The van der Waals surface area contributed by atoms with Crippen LogP contribution in [-0.4, -0.2) is 31.8 Å². The van der Waals surface area contributed by atoms with Gasteiger partial charge in [-0.1, -0.05) is 0 Å². The van der Waals surface area contributed by atoms with Crippen LogP contribution in [0.5, 0.6) is 0 Å². The van der Waals surface area contributed by atoms with Crippen molar-refractivity contribution in [2.75, 3.05) is 18.8 Å². The molecule has 20 heavy (non-hydrogen) atoms. The van der Waals surface area contributed by atoms with Gasteiger partial charge in [0, 0.05) is 25.3 Å². The van der Waals surface area contributed by atoms with E-state index in [0.29, 0.717) is 11.6 Å². The van der Waals surface area contributed by atoms with Gasteiger partial charge in [-0.2, -0.15) is 12.7 Å². The van der Waals surface area contributed by atoms with E-state index in [1.165, 1.54) is 14.1 Å². The van der Waals surface area contributed by atoms with Crippen LogP contribution in [0.2, 0.25) is 0 Å². The van der Waals surface area contributed by atoms with Crippen molar-refractivity contribution < 1.29 is 12.8 Å². The first-order valence-electron chi connectivity index (χ1n) is 6.04. The molecule has 2 rings (SSSR count). The highest BCUT2D eigenvalue weighted by Crippen LogP contribution is 2.23. The minimum atomic E-state index is -3.49. The lowest BCUT2D eigenvalue weighted by Crippen LogP contribution is -2.28. The predicted octanol–water partition coefficient (Wildman–Crippen LogP) is 2.18. The van der Waals surface area contributed by atoms with Gasteiger partial charge in [-0.3, -0.25) is 4.72 Å². The molecule has 0 saturated heterocycles. The van der Waals surface area contributed by atoms with Crippen LogP contribution >= 0.6 is 0 Å². The number of oxazole rings is 1. The van der Waals surface area contributed by atoms with Crippen LogP contribution in [0.25, 0.3) is 11.5 Å². The lowest BCUT2D eigenvalue weighted by atomic mass is 10.2. The summed E-state index contributed by atoms with van der Waals surface area (Å²) in [6.07, 6.45) is 0. The van der Waals surface area contributed by atoms with Gasteiger partial charge in [-0.15, -0.1) is 0 Å². The lowest BCUT2D eigenvalue weighted by molar-refractivity contribution is 0.527. The van der Waals surface area contributed by atoms with E-state index in [9.17, 15) is 8.42 Å². The van der Waals surface area contributed by atoms with Gasteiger partial charge in [-0.05, 0) is 38.1 Å². The molecule has 1 aromatic carbocycles. The van der Waals surface area contributed by atoms with Crippen LogP contribution in [-0.2, 0) is 10.2 Å². The minimum Gasteiger partial charge on any atom is -0.441 e. The van der Waals surface area contributed by atoms with Crippen LogP contribution in [0.15, 0.2) is 28.7 Å². The van der Waals surface area contributed by atoms with Crippen molar-refractivity contribution in [1.29, 1.82) is 0 Å². The number of nitrogens with zero attached hydrogens (tertiary/aromatic N) is 2. The summed E-state index contributed by atoms with van der Waals surface area (Å²) in [6, 6.07) is 6.87. The third-order valence-corrected chi connectivity index (χ3v) is 4.34. The minimum absolute atomic E-state index is 0.488. The number of aryl methyl sites for hydroxylation is 2. The van der Waals surface area contributed by atoms with E-state index in [4.69, 9.17) is 4.42 Å². The van der Waals surface area contributed by atoms with Crippen molar-refractivity contribution in [2.45, 2.75) is 13.8 Å². The Bertz CT molecular complexity index is 683. The highest BCUT2D eigenvalue weighted by Gasteiger charge is 2.13. The maximum atomic E-state index is 11.7. The molecule has 0 fully saturated rings. The first-order chi connectivity index (χ1) is 9.29. The Balaban J connectivity index is 2.23. The summed E-state index contributed by atoms with van der Waals surface area (Å²) < 4.78 is 32.5. The Morgan fingerprint density at radius 2 is 1.75 bits per heavy atom. The van der Waals surface area contributed by atoms with Gasteiger partial charge in [0.15, 0.2) is 0 Å². The highest BCUT2D eigenvalue weighted by atomic mass is 32.2. The molecule has 0 aliphatic carbocycles. The summed E-state index contributed by atoms with van der Waals surface area (Å²) in [7, 11) is -0.552. The molecule has 6 nitrogen and oxygen atoms in total. The van der Waals surface area contributed by atoms with Crippen LogP contribution in [0, 0.1) is 13.8 Å². The summed E-state index contributed by atoms with van der Waals surface area (Å²) in [4.78, 5) is 4.30. The number of hydrogen-bond donors (Lipinski definition) is 1. The fourth-order valence-electron chi connectivity index (χ4n) is 1.52. The van der Waals surface area contributed by atoms with Gasteiger partial charge in [0.05, 0.1) is 5.69 Å². The summed E-state index contributed by atoms with van der Waals surface area (Å²) >= 11 is 0. The largest absolute Gasteiger partial charge is 0.441 e. The Kier molecular flexibility index (Phi) is 3.82. The fraction of sp³-hybridized carbons (Fsp3) is 0.308. The number of hydrogen-bond acceptors (Lipinski definition) is 4. The van der Waals surface area contributed by atoms with Crippen LogP contribution in [0.4, 0.5) is 5.69 Å². The average molecular weight is 295 g/mol. The van der Waals surface area contributed by atoms with E-state index in [1.54, 1.807) is 24.3 Å². The maximum Gasteiger partial charge on any atom is 0.301 e. The van der Waals surface area contributed by atoms with Crippen molar-refractivity contribution in [3.63, 3.8) is 0 Å². The molecule has 0 saturated carbocycles. The van der Waals surface area contributed by atoms with Crippen molar-refractivity contribution in [2.24, 2.45) is 0 Å². The van der Waals surface area contributed by atoms with Gasteiger partial charge in [0.2, 0.25) is 5.89 Å². The van der Waals surface area contributed by atoms with Gasteiger partial charge in [0.1, 0.15) is 5.76 Å². The van der Waals surface area contributed by atoms with E-state index in [2.05, 4.69) is 9.71 Å². The third-order valence-electron chi connectivity index (χ3n) is 2.89. The molecule has 0 unspecified atom stereocenters. The molecular weight excluding hydrogens is 278 g/mol. The summed E-state index contributed by atoms with van der Waals surface area (Å²) in [5.41, 5.74) is 2.13. The predicted molar refractivity (Wildman–Crippen MR) is 77.6 cm³/mol. The second-order valence-electron chi connectivity index (χ2n) is 4.63. The first-order valence-corrected chi connectivity index (χ1v) is 7.48. The van der Waals surface area contributed by atoms with Crippen LogP contribution in [0.3, 0.4) is 0 Å². The summed E-state index contributed by atoms with van der Waals surface area (Å²) in [6.45, 7) is 3.73. The number of aromatic nitrogens is 1. The Labute approximate surface area is 118 Å².